The van der Waals surface area contributed by atoms with E-state index < -0.39 is 6.09 Å². The lowest BCUT2D eigenvalue weighted by Crippen LogP contribution is -2.23. The van der Waals surface area contributed by atoms with Crippen molar-refractivity contribution in [3.8, 4) is 0 Å². The van der Waals surface area contributed by atoms with Crippen molar-refractivity contribution in [2.24, 2.45) is 0 Å². The highest BCUT2D eigenvalue weighted by atomic mass is 79.9. The average molecular weight is 402 g/mol. The summed E-state index contributed by atoms with van der Waals surface area (Å²) >= 11 is 6.53. The predicted octanol–water partition coefficient (Wildman–Crippen LogP) is 4.59. The van der Waals surface area contributed by atoms with E-state index in [9.17, 15) is 4.79 Å². The van der Waals surface area contributed by atoms with Crippen LogP contribution in [0.15, 0.2) is 57.5 Å². The largest absolute Gasteiger partial charge is 0.465 e. The number of benzene rings is 2. The van der Waals surface area contributed by atoms with Crippen molar-refractivity contribution in [1.82, 2.24) is 0 Å². The Balaban J connectivity index is 0.000000217. The number of hydrogen-bond donors (Lipinski definition) is 2. The molecule has 0 bridgehead atoms. The number of amides is 1. The number of rotatable bonds is 1. The average Bonchev–Trinajstić information content (AvgIpc) is 2.42. The first-order chi connectivity index (χ1) is 9.43. The van der Waals surface area contributed by atoms with Crippen LogP contribution in [-0.4, -0.2) is 18.2 Å². The van der Waals surface area contributed by atoms with E-state index in [1.165, 1.54) is 7.05 Å². The van der Waals surface area contributed by atoms with Crippen molar-refractivity contribution in [3.05, 3.63) is 57.5 Å². The van der Waals surface area contributed by atoms with E-state index in [1.807, 2.05) is 30.3 Å². The van der Waals surface area contributed by atoms with Gasteiger partial charge in [0.2, 0.25) is 0 Å². The fourth-order valence-electron chi connectivity index (χ4n) is 1.30. The smallest absolute Gasteiger partial charge is 0.411 e. The molecular weight excluding hydrogens is 388 g/mol. The van der Waals surface area contributed by atoms with E-state index in [1.54, 1.807) is 18.2 Å². The van der Waals surface area contributed by atoms with Crippen LogP contribution in [0.2, 0.25) is 0 Å². The molecule has 0 aliphatic heterocycles. The highest BCUT2D eigenvalue weighted by Gasteiger charge is 2.10. The lowest BCUT2D eigenvalue weighted by Gasteiger charge is -2.13. The topological polar surface area (TPSA) is 66.6 Å². The van der Waals surface area contributed by atoms with Gasteiger partial charge in [0, 0.05) is 21.7 Å². The Kier molecular flexibility index (Phi) is 6.54. The quantitative estimate of drug-likeness (QED) is 0.686. The minimum atomic E-state index is -0.970. The molecule has 3 N–H and O–H groups in total. The van der Waals surface area contributed by atoms with Gasteiger partial charge in [0.05, 0.1) is 5.69 Å². The zero-order valence-electron chi connectivity index (χ0n) is 10.8. The molecule has 20 heavy (non-hydrogen) atoms. The van der Waals surface area contributed by atoms with E-state index >= 15 is 0 Å². The molecule has 0 saturated carbocycles. The van der Waals surface area contributed by atoms with Crippen molar-refractivity contribution < 1.29 is 9.90 Å². The SMILES string of the molecule is CN(C(=O)O)c1ccccc1Br.Nc1ccccc1Br. The zero-order chi connectivity index (χ0) is 15.1. The maximum atomic E-state index is 10.6. The molecule has 0 saturated heterocycles. The summed E-state index contributed by atoms with van der Waals surface area (Å²) in [6.07, 6.45) is -0.970. The van der Waals surface area contributed by atoms with Gasteiger partial charge in [-0.3, -0.25) is 4.90 Å². The normalized spacial score (nSPS) is 9.35. The van der Waals surface area contributed by atoms with Crippen molar-refractivity contribution in [3.63, 3.8) is 0 Å². The molecule has 0 aliphatic rings. The van der Waals surface area contributed by atoms with Gasteiger partial charge >= 0.3 is 6.09 Å². The van der Waals surface area contributed by atoms with Crippen molar-refractivity contribution in [2.45, 2.75) is 0 Å². The Morgan fingerprint density at radius 1 is 1.05 bits per heavy atom. The van der Waals surface area contributed by atoms with Crippen LogP contribution < -0.4 is 10.6 Å². The van der Waals surface area contributed by atoms with Crippen molar-refractivity contribution in [2.75, 3.05) is 17.7 Å². The van der Waals surface area contributed by atoms with Crippen LogP contribution in [0.3, 0.4) is 0 Å². The van der Waals surface area contributed by atoms with E-state index in [2.05, 4.69) is 31.9 Å². The summed E-state index contributed by atoms with van der Waals surface area (Å²) in [5, 5.41) is 8.66. The predicted molar refractivity (Wildman–Crippen MR) is 89.1 cm³/mol. The van der Waals surface area contributed by atoms with Gasteiger partial charge < -0.3 is 10.8 Å². The molecule has 0 unspecified atom stereocenters. The standard InChI is InChI=1S/C8H8BrNO2.C6H6BrN/c1-10(8(11)12)7-5-3-2-4-6(7)9;7-5-3-1-2-4-6(5)8/h2-5H,1H3,(H,11,12);1-4H,8H2. The number of nitrogen functional groups attached to an aromatic ring is 1. The molecule has 0 spiro atoms. The minimum absolute atomic E-state index is 0.644. The summed E-state index contributed by atoms with van der Waals surface area (Å²) in [6.45, 7) is 0. The van der Waals surface area contributed by atoms with Crippen molar-refractivity contribution in [1.29, 1.82) is 0 Å². The first kappa shape index (κ1) is 16.5. The number of carbonyl (C=O) groups is 1. The summed E-state index contributed by atoms with van der Waals surface area (Å²) < 4.78 is 1.73. The van der Waals surface area contributed by atoms with Crippen molar-refractivity contribution >= 4 is 49.3 Å². The molecule has 0 radical (unpaired) electrons. The number of hydrogen-bond acceptors (Lipinski definition) is 2. The van der Waals surface area contributed by atoms with E-state index in [0.717, 1.165) is 19.5 Å². The Bertz CT molecular complexity index is 570. The third kappa shape index (κ3) is 4.86. The van der Waals surface area contributed by atoms with Gasteiger partial charge in [0.1, 0.15) is 0 Å². The Morgan fingerprint density at radius 2 is 1.55 bits per heavy atom. The molecule has 0 atom stereocenters. The van der Waals surface area contributed by atoms with Gasteiger partial charge in [0.25, 0.3) is 0 Å². The fraction of sp³-hybridized carbons (Fsp3) is 0.0714. The summed E-state index contributed by atoms with van der Waals surface area (Å²) in [5.74, 6) is 0. The van der Waals surface area contributed by atoms with Crippen LogP contribution in [0.1, 0.15) is 0 Å². The molecule has 106 valence electrons. The monoisotopic (exact) mass is 400 g/mol. The summed E-state index contributed by atoms with van der Waals surface area (Å²) in [4.78, 5) is 11.7. The molecule has 1 amide bonds. The van der Waals surface area contributed by atoms with Crippen LogP contribution in [-0.2, 0) is 0 Å². The van der Waals surface area contributed by atoms with E-state index in [-0.39, 0.29) is 0 Å². The lowest BCUT2D eigenvalue weighted by molar-refractivity contribution is 0.203. The second kappa shape index (κ2) is 7.91. The summed E-state index contributed by atoms with van der Waals surface area (Å²) in [6, 6.07) is 14.8. The first-order valence-corrected chi connectivity index (χ1v) is 7.23. The molecule has 2 aromatic rings. The number of para-hydroxylation sites is 2. The maximum absolute atomic E-state index is 10.6. The number of nitrogens with two attached hydrogens (primary N) is 1. The third-order valence-electron chi connectivity index (χ3n) is 2.41. The zero-order valence-corrected chi connectivity index (χ0v) is 13.9. The van der Waals surface area contributed by atoms with Crippen LogP contribution in [0.5, 0.6) is 0 Å². The highest BCUT2D eigenvalue weighted by molar-refractivity contribution is 9.11. The van der Waals surface area contributed by atoms with Gasteiger partial charge in [-0.15, -0.1) is 0 Å². The second-order valence-electron chi connectivity index (χ2n) is 3.81. The van der Waals surface area contributed by atoms with Gasteiger partial charge in [-0.2, -0.15) is 0 Å². The molecule has 4 nitrogen and oxygen atoms in total. The van der Waals surface area contributed by atoms with Crippen LogP contribution in [0.4, 0.5) is 16.2 Å². The molecule has 2 aromatic carbocycles. The molecule has 0 aliphatic carbocycles. The molecule has 0 heterocycles. The fourth-order valence-corrected chi connectivity index (χ4v) is 2.14. The maximum Gasteiger partial charge on any atom is 0.411 e. The number of nitrogens with zero attached hydrogens (tertiary/aromatic N) is 1. The van der Waals surface area contributed by atoms with Gasteiger partial charge in [0.15, 0.2) is 0 Å². The number of halogens is 2. The van der Waals surface area contributed by atoms with Gasteiger partial charge in [-0.25, -0.2) is 4.79 Å². The molecule has 2 rings (SSSR count). The molecule has 6 heteroatoms. The number of anilines is 2. The lowest BCUT2D eigenvalue weighted by atomic mass is 10.3. The Hall–Kier alpha value is -1.53. The highest BCUT2D eigenvalue weighted by Crippen LogP contribution is 2.24. The van der Waals surface area contributed by atoms with E-state index in [4.69, 9.17) is 10.8 Å². The Labute approximate surface area is 134 Å². The molecular formula is C14H14Br2N2O2. The van der Waals surface area contributed by atoms with E-state index in [0.29, 0.717) is 5.69 Å². The van der Waals surface area contributed by atoms with Crippen LogP contribution in [0, 0.1) is 0 Å². The van der Waals surface area contributed by atoms with Crippen LogP contribution in [0.25, 0.3) is 0 Å². The molecule has 0 fully saturated rings. The van der Waals surface area contributed by atoms with Gasteiger partial charge in [-0.05, 0) is 56.1 Å². The third-order valence-corrected chi connectivity index (χ3v) is 3.80. The summed E-state index contributed by atoms with van der Waals surface area (Å²) in [5.41, 5.74) is 6.90. The minimum Gasteiger partial charge on any atom is -0.465 e. The number of carboxylic acid groups (broad SMARTS) is 1. The first-order valence-electron chi connectivity index (χ1n) is 5.64. The van der Waals surface area contributed by atoms with Gasteiger partial charge in [-0.1, -0.05) is 24.3 Å². The molecule has 0 aromatic heterocycles. The Morgan fingerprint density at radius 3 is 1.95 bits per heavy atom. The summed E-state index contributed by atoms with van der Waals surface area (Å²) in [7, 11) is 1.50. The second-order valence-corrected chi connectivity index (χ2v) is 5.52. The van der Waals surface area contributed by atoms with Crippen LogP contribution >= 0.6 is 31.9 Å².